The Morgan fingerprint density at radius 2 is 1.54 bits per heavy atom. The minimum absolute atomic E-state index is 0. The second-order valence-corrected chi connectivity index (χ2v) is 8.01. The normalized spacial score (nSPS) is 11.1. The zero-order chi connectivity index (χ0) is 24.6. The smallest absolute Gasteiger partial charge is 0.354 e. The van der Waals surface area contributed by atoms with Gasteiger partial charge in [0, 0.05) is 38.2 Å². The molecule has 3 heterocycles. The molecule has 5 nitrogen and oxygen atoms in total. The Kier molecular flexibility index (Phi) is 7.50. The van der Waals surface area contributed by atoms with Crippen LogP contribution in [0.25, 0.3) is 22.4 Å². The predicted molar refractivity (Wildman–Crippen MR) is 115 cm³/mol. The molecule has 0 fully saturated rings. The Bertz CT molecular complexity index is 1410. The van der Waals surface area contributed by atoms with Gasteiger partial charge in [-0.2, -0.15) is 0 Å². The van der Waals surface area contributed by atoms with Crippen LogP contribution in [0.5, 0.6) is 0 Å². The quantitative estimate of drug-likeness (QED) is 0.172. The van der Waals surface area contributed by atoms with Crippen molar-refractivity contribution in [2.45, 2.75) is 19.3 Å². The van der Waals surface area contributed by atoms with E-state index in [2.05, 4.69) is 21.0 Å². The molecule has 0 unspecified atom stereocenters. The van der Waals surface area contributed by atoms with E-state index in [-0.39, 0.29) is 54.8 Å². The summed E-state index contributed by atoms with van der Waals surface area (Å²) < 4.78 is 55.7. The van der Waals surface area contributed by atoms with Crippen LogP contribution in [0.1, 0.15) is 35.7 Å². The molecule has 1 aromatic carbocycles. The minimum Gasteiger partial charge on any atom is -0.477 e. The first-order chi connectivity index (χ1) is 16.0. The van der Waals surface area contributed by atoms with E-state index in [0.29, 0.717) is 5.69 Å². The van der Waals surface area contributed by atoms with Crippen LogP contribution < -0.4 is 0 Å². The molecular formula is C25H16F4N3O2Pt-. The molecule has 182 valence electrons. The average molecular weight is 661 g/mol. The molecule has 0 spiro atoms. The molecule has 0 atom stereocenters. The standard InChI is InChI=1S/C25H16F4N3O2.Pt/c1-25(2,20-5-3-4-18(30-20)24(33)34)21-11-14(13-8-15(26)12-16(27)9-13)10-19(31-21)17-6-7-22(28)32-23(17)29;/h3-5,7-12H,1-2H3,(H,33,34);/q-1;. The summed E-state index contributed by atoms with van der Waals surface area (Å²) in [6.07, 6.45) is 0. The van der Waals surface area contributed by atoms with E-state index in [1.807, 2.05) is 0 Å². The number of pyridine rings is 3. The number of hydrogen-bond donors (Lipinski definition) is 1. The van der Waals surface area contributed by atoms with Crippen molar-refractivity contribution in [2.75, 3.05) is 0 Å². The summed E-state index contributed by atoms with van der Waals surface area (Å²) in [6.45, 7) is 3.43. The third kappa shape index (κ3) is 5.46. The van der Waals surface area contributed by atoms with Crippen molar-refractivity contribution in [2.24, 2.45) is 0 Å². The molecule has 0 saturated heterocycles. The van der Waals surface area contributed by atoms with Crippen molar-refractivity contribution in [3.63, 3.8) is 0 Å². The average Bonchev–Trinajstić information content (AvgIpc) is 2.78. The van der Waals surface area contributed by atoms with Gasteiger partial charge in [-0.3, -0.25) is 4.98 Å². The zero-order valence-corrected chi connectivity index (χ0v) is 20.5. The SMILES string of the molecule is CC(C)(c1cccc(C(=O)O)n1)c1cc(-c2cc(F)cc(F)c2)cc(-c2[c-]cc(F)nc2F)n1.[Pt]. The van der Waals surface area contributed by atoms with E-state index >= 15 is 0 Å². The molecule has 0 saturated carbocycles. The molecule has 35 heavy (non-hydrogen) atoms. The third-order valence-corrected chi connectivity index (χ3v) is 5.27. The second kappa shape index (κ2) is 10.0. The van der Waals surface area contributed by atoms with Crippen molar-refractivity contribution in [1.29, 1.82) is 0 Å². The van der Waals surface area contributed by atoms with Gasteiger partial charge in [-0.05, 0) is 61.0 Å². The molecule has 0 aliphatic carbocycles. The maximum absolute atomic E-state index is 14.5. The molecule has 3 aromatic heterocycles. The summed E-state index contributed by atoms with van der Waals surface area (Å²) in [6, 6.07) is 13.6. The first-order valence-corrected chi connectivity index (χ1v) is 9.98. The summed E-state index contributed by atoms with van der Waals surface area (Å²) in [5, 5.41) is 9.30. The summed E-state index contributed by atoms with van der Waals surface area (Å²) in [5.74, 6) is -5.08. The fourth-order valence-electron chi connectivity index (χ4n) is 3.45. The van der Waals surface area contributed by atoms with Crippen LogP contribution in [0.4, 0.5) is 17.6 Å². The maximum Gasteiger partial charge on any atom is 0.354 e. The van der Waals surface area contributed by atoms with Crippen LogP contribution >= 0.6 is 0 Å². The predicted octanol–water partition coefficient (Wildman–Crippen LogP) is 5.58. The molecular weight excluding hydrogens is 645 g/mol. The molecule has 0 bridgehead atoms. The van der Waals surface area contributed by atoms with E-state index < -0.39 is 34.9 Å². The molecule has 0 amide bonds. The van der Waals surface area contributed by atoms with Crippen molar-refractivity contribution in [3.05, 3.63) is 101 Å². The number of aromatic carboxylic acids is 1. The van der Waals surface area contributed by atoms with Crippen LogP contribution in [-0.4, -0.2) is 26.0 Å². The Morgan fingerprint density at radius 1 is 0.886 bits per heavy atom. The van der Waals surface area contributed by atoms with Gasteiger partial charge in [0.15, 0.2) is 0 Å². The number of carboxylic acid groups (broad SMARTS) is 1. The summed E-state index contributed by atoms with van der Waals surface area (Å²) in [4.78, 5) is 23.2. The van der Waals surface area contributed by atoms with Gasteiger partial charge in [-0.15, -0.1) is 6.07 Å². The van der Waals surface area contributed by atoms with Crippen molar-refractivity contribution in [3.8, 4) is 22.4 Å². The van der Waals surface area contributed by atoms with E-state index in [1.165, 1.54) is 18.2 Å². The van der Waals surface area contributed by atoms with Crippen LogP contribution in [0.15, 0.2) is 54.6 Å². The fraction of sp³-hybridized carbons (Fsp3) is 0.120. The van der Waals surface area contributed by atoms with Crippen LogP contribution in [0, 0.1) is 29.6 Å². The number of rotatable bonds is 5. The van der Waals surface area contributed by atoms with Gasteiger partial charge in [-0.25, -0.2) is 27.3 Å². The van der Waals surface area contributed by atoms with E-state index in [4.69, 9.17) is 0 Å². The molecule has 0 radical (unpaired) electrons. The second-order valence-electron chi connectivity index (χ2n) is 8.01. The van der Waals surface area contributed by atoms with E-state index in [9.17, 15) is 27.5 Å². The fourth-order valence-corrected chi connectivity index (χ4v) is 3.45. The molecule has 0 aliphatic rings. The van der Waals surface area contributed by atoms with Crippen LogP contribution in [0.3, 0.4) is 0 Å². The third-order valence-electron chi connectivity index (χ3n) is 5.27. The van der Waals surface area contributed by atoms with E-state index in [1.54, 1.807) is 26.0 Å². The molecule has 0 aliphatic heterocycles. The topological polar surface area (TPSA) is 76.0 Å². The Morgan fingerprint density at radius 3 is 2.17 bits per heavy atom. The van der Waals surface area contributed by atoms with Gasteiger partial charge >= 0.3 is 5.97 Å². The summed E-state index contributed by atoms with van der Waals surface area (Å²) in [7, 11) is 0. The van der Waals surface area contributed by atoms with Crippen molar-refractivity contribution in [1.82, 2.24) is 15.0 Å². The number of carboxylic acids is 1. The van der Waals surface area contributed by atoms with Crippen molar-refractivity contribution >= 4 is 5.97 Å². The largest absolute Gasteiger partial charge is 0.477 e. The summed E-state index contributed by atoms with van der Waals surface area (Å²) in [5.41, 5.74) is -0.386. The van der Waals surface area contributed by atoms with Crippen LogP contribution in [0.2, 0.25) is 0 Å². The molecule has 4 rings (SSSR count). The first-order valence-electron chi connectivity index (χ1n) is 9.98. The zero-order valence-electron chi connectivity index (χ0n) is 18.2. The number of aromatic nitrogens is 3. The minimum atomic E-state index is -1.22. The van der Waals surface area contributed by atoms with E-state index in [0.717, 1.165) is 24.3 Å². The number of nitrogens with zero attached hydrogens (tertiary/aromatic N) is 3. The van der Waals surface area contributed by atoms with Gasteiger partial charge in [0.25, 0.3) is 0 Å². The monoisotopic (exact) mass is 661 g/mol. The number of benzene rings is 1. The summed E-state index contributed by atoms with van der Waals surface area (Å²) >= 11 is 0. The number of hydrogen-bond acceptors (Lipinski definition) is 4. The van der Waals surface area contributed by atoms with Gasteiger partial charge < -0.3 is 10.1 Å². The van der Waals surface area contributed by atoms with Gasteiger partial charge in [0.05, 0.1) is 5.69 Å². The molecule has 1 N–H and O–H groups in total. The maximum atomic E-state index is 14.5. The van der Waals surface area contributed by atoms with Gasteiger partial charge in [-0.1, -0.05) is 23.8 Å². The number of halogens is 4. The number of carbonyl (C=O) groups is 1. The first kappa shape index (κ1) is 26.2. The van der Waals surface area contributed by atoms with Crippen molar-refractivity contribution < 1.29 is 48.5 Å². The van der Waals surface area contributed by atoms with Gasteiger partial charge in [0.1, 0.15) is 29.2 Å². The molecule has 4 aromatic rings. The van der Waals surface area contributed by atoms with Gasteiger partial charge in [0.2, 0.25) is 0 Å². The Balaban J connectivity index is 0.00000342. The van der Waals surface area contributed by atoms with Crippen LogP contribution in [-0.2, 0) is 26.5 Å². The Labute approximate surface area is 212 Å². The Hall–Kier alpha value is -3.45. The molecule has 10 heteroatoms.